The van der Waals surface area contributed by atoms with Gasteiger partial charge in [0.05, 0.1) is 16.0 Å². The van der Waals surface area contributed by atoms with E-state index in [9.17, 15) is 9.59 Å². The molecular weight excluding hydrogens is 348 g/mol. The summed E-state index contributed by atoms with van der Waals surface area (Å²) >= 11 is 6.16. The van der Waals surface area contributed by atoms with E-state index in [2.05, 4.69) is 5.32 Å². The molecule has 3 rings (SSSR count). The van der Waals surface area contributed by atoms with Gasteiger partial charge in [-0.3, -0.25) is 9.59 Å². The Morgan fingerprint density at radius 1 is 1.12 bits per heavy atom. The van der Waals surface area contributed by atoms with Gasteiger partial charge in [-0.2, -0.15) is 0 Å². The Bertz CT molecular complexity index is 794. The molecular formula is C21H23ClN2O2. The maximum Gasteiger partial charge on any atom is 0.255 e. The molecule has 1 N–H and O–H groups in total. The summed E-state index contributed by atoms with van der Waals surface area (Å²) in [4.78, 5) is 27.4. The average molecular weight is 371 g/mol. The van der Waals surface area contributed by atoms with Gasteiger partial charge in [0.1, 0.15) is 0 Å². The molecule has 0 radical (unpaired) electrons. The topological polar surface area (TPSA) is 49.4 Å². The van der Waals surface area contributed by atoms with Crippen molar-refractivity contribution in [2.75, 3.05) is 13.1 Å². The number of amides is 2. The molecule has 1 fully saturated rings. The van der Waals surface area contributed by atoms with E-state index in [1.54, 1.807) is 29.2 Å². The molecule has 1 unspecified atom stereocenters. The first-order valence-electron chi connectivity index (χ1n) is 8.86. The van der Waals surface area contributed by atoms with Crippen LogP contribution in [-0.2, 0) is 11.3 Å². The molecule has 1 aliphatic rings. The highest BCUT2D eigenvalue weighted by molar-refractivity contribution is 6.33. The molecule has 0 bridgehead atoms. The van der Waals surface area contributed by atoms with E-state index >= 15 is 0 Å². The number of carbonyl (C=O) groups is 2. The molecule has 26 heavy (non-hydrogen) atoms. The number of benzene rings is 2. The van der Waals surface area contributed by atoms with Gasteiger partial charge in [-0.15, -0.1) is 0 Å². The third-order valence-corrected chi connectivity index (χ3v) is 5.26. The number of carbonyl (C=O) groups excluding carboxylic acids is 2. The molecule has 5 heteroatoms. The summed E-state index contributed by atoms with van der Waals surface area (Å²) in [6, 6.07) is 16.9. The van der Waals surface area contributed by atoms with Gasteiger partial charge in [0, 0.05) is 19.6 Å². The summed E-state index contributed by atoms with van der Waals surface area (Å²) in [6.07, 6.45) is 1.56. The second-order valence-corrected chi connectivity index (χ2v) is 7.45. The van der Waals surface area contributed by atoms with Gasteiger partial charge in [0.2, 0.25) is 5.91 Å². The van der Waals surface area contributed by atoms with E-state index in [1.807, 2.05) is 37.3 Å². The summed E-state index contributed by atoms with van der Waals surface area (Å²) in [5.41, 5.74) is 0.955. The van der Waals surface area contributed by atoms with Gasteiger partial charge < -0.3 is 10.2 Å². The maximum atomic E-state index is 12.8. The largest absolute Gasteiger partial charge is 0.351 e. The van der Waals surface area contributed by atoms with Crippen molar-refractivity contribution < 1.29 is 9.59 Å². The minimum absolute atomic E-state index is 0.0157. The van der Waals surface area contributed by atoms with Crippen molar-refractivity contribution in [2.24, 2.45) is 5.41 Å². The molecule has 4 nitrogen and oxygen atoms in total. The molecule has 0 spiro atoms. The Balaban J connectivity index is 1.67. The zero-order valence-corrected chi connectivity index (χ0v) is 15.6. The molecule has 0 aliphatic carbocycles. The Morgan fingerprint density at radius 2 is 1.81 bits per heavy atom. The fourth-order valence-electron chi connectivity index (χ4n) is 3.39. The number of piperidine rings is 1. The second-order valence-electron chi connectivity index (χ2n) is 7.04. The number of nitrogens with one attached hydrogen (secondary N) is 1. The van der Waals surface area contributed by atoms with Gasteiger partial charge in [-0.1, -0.05) is 54.1 Å². The minimum Gasteiger partial charge on any atom is -0.351 e. The van der Waals surface area contributed by atoms with Crippen LogP contribution in [0.5, 0.6) is 0 Å². The van der Waals surface area contributed by atoms with Crippen molar-refractivity contribution in [2.45, 2.75) is 26.3 Å². The van der Waals surface area contributed by atoms with Crippen LogP contribution in [0.4, 0.5) is 0 Å². The number of halogens is 1. The van der Waals surface area contributed by atoms with Crippen LogP contribution in [0.25, 0.3) is 0 Å². The van der Waals surface area contributed by atoms with Crippen LogP contribution in [0, 0.1) is 5.41 Å². The molecule has 2 aromatic rings. The molecule has 1 heterocycles. The normalized spacial score (nSPS) is 19.8. The van der Waals surface area contributed by atoms with Crippen LogP contribution in [0.15, 0.2) is 54.6 Å². The Morgan fingerprint density at radius 3 is 2.54 bits per heavy atom. The Kier molecular flexibility index (Phi) is 5.62. The minimum atomic E-state index is -0.593. The third kappa shape index (κ3) is 4.07. The standard InChI is InChI=1S/C21H23ClN2O2/c1-21(20(26)23-14-16-8-3-2-4-9-16)12-7-13-24(15-21)19(25)17-10-5-6-11-18(17)22/h2-6,8-11H,7,12-15H2,1H3,(H,23,26). The zero-order valence-electron chi connectivity index (χ0n) is 14.9. The fraction of sp³-hybridized carbons (Fsp3) is 0.333. The van der Waals surface area contributed by atoms with Crippen LogP contribution in [0.2, 0.25) is 5.02 Å². The lowest BCUT2D eigenvalue weighted by molar-refractivity contribution is -0.132. The monoisotopic (exact) mass is 370 g/mol. The SMILES string of the molecule is CC1(C(=O)NCc2ccccc2)CCCN(C(=O)c2ccccc2Cl)C1. The molecule has 1 saturated heterocycles. The number of hydrogen-bond acceptors (Lipinski definition) is 2. The Labute approximate surface area is 159 Å². The van der Waals surface area contributed by atoms with Crippen LogP contribution in [0.3, 0.4) is 0 Å². The first kappa shape index (κ1) is 18.5. The van der Waals surface area contributed by atoms with E-state index in [0.29, 0.717) is 30.2 Å². The third-order valence-electron chi connectivity index (χ3n) is 4.93. The predicted octanol–water partition coefficient (Wildman–Crippen LogP) is 3.90. The van der Waals surface area contributed by atoms with Crippen molar-refractivity contribution in [3.05, 3.63) is 70.7 Å². The number of nitrogens with zero attached hydrogens (tertiary/aromatic N) is 1. The quantitative estimate of drug-likeness (QED) is 0.887. The number of hydrogen-bond donors (Lipinski definition) is 1. The van der Waals surface area contributed by atoms with E-state index in [1.165, 1.54) is 0 Å². The van der Waals surface area contributed by atoms with E-state index in [4.69, 9.17) is 11.6 Å². The molecule has 2 aromatic carbocycles. The van der Waals surface area contributed by atoms with Gasteiger partial charge in [-0.05, 0) is 37.5 Å². The van der Waals surface area contributed by atoms with Crippen LogP contribution < -0.4 is 5.32 Å². The molecule has 136 valence electrons. The van der Waals surface area contributed by atoms with Crippen molar-refractivity contribution in [3.8, 4) is 0 Å². The van der Waals surface area contributed by atoms with E-state index < -0.39 is 5.41 Å². The van der Waals surface area contributed by atoms with Crippen molar-refractivity contribution >= 4 is 23.4 Å². The molecule has 0 saturated carbocycles. The summed E-state index contributed by atoms with van der Waals surface area (Å²) in [6.45, 7) is 3.47. The lowest BCUT2D eigenvalue weighted by Crippen LogP contribution is -2.51. The van der Waals surface area contributed by atoms with E-state index in [-0.39, 0.29) is 11.8 Å². The van der Waals surface area contributed by atoms with Gasteiger partial charge in [-0.25, -0.2) is 0 Å². The summed E-state index contributed by atoms with van der Waals surface area (Å²) in [5, 5.41) is 3.46. The van der Waals surface area contributed by atoms with Gasteiger partial charge in [0.25, 0.3) is 5.91 Å². The van der Waals surface area contributed by atoms with Crippen LogP contribution in [0.1, 0.15) is 35.7 Å². The van der Waals surface area contributed by atoms with Crippen molar-refractivity contribution in [1.29, 1.82) is 0 Å². The highest BCUT2D eigenvalue weighted by Gasteiger charge is 2.39. The van der Waals surface area contributed by atoms with Crippen LogP contribution in [-0.4, -0.2) is 29.8 Å². The van der Waals surface area contributed by atoms with Gasteiger partial charge >= 0.3 is 0 Å². The van der Waals surface area contributed by atoms with Crippen molar-refractivity contribution in [3.63, 3.8) is 0 Å². The fourth-order valence-corrected chi connectivity index (χ4v) is 3.61. The molecule has 0 aromatic heterocycles. The highest BCUT2D eigenvalue weighted by Crippen LogP contribution is 2.31. The smallest absolute Gasteiger partial charge is 0.255 e. The molecule has 1 atom stereocenters. The average Bonchev–Trinajstić information content (AvgIpc) is 2.67. The first-order chi connectivity index (χ1) is 12.5. The van der Waals surface area contributed by atoms with Gasteiger partial charge in [0.15, 0.2) is 0 Å². The maximum absolute atomic E-state index is 12.8. The molecule has 1 aliphatic heterocycles. The van der Waals surface area contributed by atoms with Crippen LogP contribution >= 0.6 is 11.6 Å². The van der Waals surface area contributed by atoms with E-state index in [0.717, 1.165) is 18.4 Å². The number of likely N-dealkylation sites (tertiary alicyclic amines) is 1. The highest BCUT2D eigenvalue weighted by atomic mass is 35.5. The summed E-state index contributed by atoms with van der Waals surface area (Å²) in [5.74, 6) is -0.129. The predicted molar refractivity (Wildman–Crippen MR) is 103 cm³/mol. The zero-order chi connectivity index (χ0) is 18.6. The summed E-state index contributed by atoms with van der Waals surface area (Å²) < 4.78 is 0. The molecule has 2 amide bonds. The first-order valence-corrected chi connectivity index (χ1v) is 9.23. The summed E-state index contributed by atoms with van der Waals surface area (Å²) in [7, 11) is 0. The Hall–Kier alpha value is -2.33. The second kappa shape index (κ2) is 7.92. The lowest BCUT2D eigenvalue weighted by atomic mass is 9.80. The lowest BCUT2D eigenvalue weighted by Gasteiger charge is -2.39. The van der Waals surface area contributed by atoms with Crippen molar-refractivity contribution in [1.82, 2.24) is 10.2 Å². The number of rotatable bonds is 4.